The Labute approximate surface area is 109 Å². The quantitative estimate of drug-likeness (QED) is 0.461. The molecule has 19 heavy (non-hydrogen) atoms. The van der Waals surface area contributed by atoms with Crippen molar-refractivity contribution in [1.29, 1.82) is 0 Å². The second-order valence-electron chi connectivity index (χ2n) is 3.88. The number of carbonyl (C=O) groups is 4. The van der Waals surface area contributed by atoms with Crippen LogP contribution in [0.5, 0.6) is 0 Å². The van der Waals surface area contributed by atoms with Crippen LogP contribution >= 0.6 is 0 Å². The Morgan fingerprint density at radius 2 is 1.47 bits per heavy atom. The van der Waals surface area contributed by atoms with Crippen LogP contribution in [-0.2, 0) is 33.4 Å². The SMILES string of the molecule is COCCN1C(=O)C(OC(C)=O)[C@@H](OC(C)=O)C1=O. The van der Waals surface area contributed by atoms with Gasteiger partial charge in [0.1, 0.15) is 0 Å². The topological polar surface area (TPSA) is 99.2 Å². The molecule has 106 valence electrons. The predicted octanol–water partition coefficient (Wildman–Crippen LogP) is -1.13. The number of hydrogen-bond acceptors (Lipinski definition) is 7. The molecular weight excluding hydrogens is 258 g/mol. The van der Waals surface area contributed by atoms with Gasteiger partial charge in [-0.05, 0) is 0 Å². The van der Waals surface area contributed by atoms with Crippen molar-refractivity contribution in [2.24, 2.45) is 0 Å². The van der Waals surface area contributed by atoms with E-state index in [4.69, 9.17) is 14.2 Å². The van der Waals surface area contributed by atoms with Gasteiger partial charge in [0, 0.05) is 21.0 Å². The first kappa shape index (κ1) is 15.1. The molecule has 0 N–H and O–H groups in total. The van der Waals surface area contributed by atoms with Gasteiger partial charge in [-0.25, -0.2) is 0 Å². The van der Waals surface area contributed by atoms with Gasteiger partial charge < -0.3 is 14.2 Å². The minimum Gasteiger partial charge on any atom is -0.448 e. The number of amides is 2. The lowest BCUT2D eigenvalue weighted by Crippen LogP contribution is -2.36. The number of esters is 2. The Morgan fingerprint density at radius 1 is 1.05 bits per heavy atom. The van der Waals surface area contributed by atoms with E-state index in [-0.39, 0.29) is 13.2 Å². The molecule has 0 saturated carbocycles. The molecule has 0 aromatic rings. The fourth-order valence-electron chi connectivity index (χ4n) is 1.66. The maximum Gasteiger partial charge on any atom is 0.303 e. The number of imide groups is 1. The summed E-state index contributed by atoms with van der Waals surface area (Å²) >= 11 is 0. The van der Waals surface area contributed by atoms with Crippen LogP contribution in [-0.4, -0.2) is 61.1 Å². The van der Waals surface area contributed by atoms with Crippen molar-refractivity contribution in [3.05, 3.63) is 0 Å². The third-order valence-corrected chi connectivity index (χ3v) is 2.40. The van der Waals surface area contributed by atoms with E-state index in [9.17, 15) is 19.2 Å². The maximum atomic E-state index is 11.9. The summed E-state index contributed by atoms with van der Waals surface area (Å²) in [6.07, 6.45) is -2.85. The Morgan fingerprint density at radius 3 is 1.79 bits per heavy atom. The predicted molar refractivity (Wildman–Crippen MR) is 59.7 cm³/mol. The highest BCUT2D eigenvalue weighted by Crippen LogP contribution is 2.20. The summed E-state index contributed by atoms with van der Waals surface area (Å²) in [5.41, 5.74) is 0. The zero-order chi connectivity index (χ0) is 14.6. The molecule has 0 radical (unpaired) electrons. The molecule has 0 aliphatic carbocycles. The number of carbonyl (C=O) groups excluding carboxylic acids is 4. The molecule has 1 rings (SSSR count). The van der Waals surface area contributed by atoms with E-state index in [1.54, 1.807) is 0 Å². The Bertz CT molecular complexity index is 372. The van der Waals surface area contributed by atoms with Crippen LogP contribution in [0.25, 0.3) is 0 Å². The van der Waals surface area contributed by atoms with Gasteiger partial charge in [0.25, 0.3) is 11.8 Å². The first-order chi connectivity index (χ1) is 8.88. The van der Waals surface area contributed by atoms with Gasteiger partial charge in [0.05, 0.1) is 13.2 Å². The van der Waals surface area contributed by atoms with Crippen molar-refractivity contribution in [3.63, 3.8) is 0 Å². The first-order valence-electron chi connectivity index (χ1n) is 5.57. The fourth-order valence-corrected chi connectivity index (χ4v) is 1.66. The molecule has 0 aromatic carbocycles. The van der Waals surface area contributed by atoms with Crippen molar-refractivity contribution in [2.75, 3.05) is 20.3 Å². The lowest BCUT2D eigenvalue weighted by molar-refractivity contribution is -0.167. The molecule has 2 atom stereocenters. The summed E-state index contributed by atoms with van der Waals surface area (Å²) in [6, 6.07) is 0. The fraction of sp³-hybridized carbons (Fsp3) is 0.636. The van der Waals surface area contributed by atoms with Gasteiger partial charge in [0.2, 0.25) is 12.2 Å². The number of rotatable bonds is 5. The lowest BCUT2D eigenvalue weighted by atomic mass is 10.2. The number of hydrogen-bond donors (Lipinski definition) is 0. The van der Waals surface area contributed by atoms with Gasteiger partial charge in [0.15, 0.2) is 0 Å². The zero-order valence-corrected chi connectivity index (χ0v) is 10.9. The number of likely N-dealkylation sites (tertiary alicyclic amines) is 1. The van der Waals surface area contributed by atoms with Crippen molar-refractivity contribution >= 4 is 23.8 Å². The van der Waals surface area contributed by atoms with E-state index < -0.39 is 36.0 Å². The molecule has 0 bridgehead atoms. The summed E-state index contributed by atoms with van der Waals surface area (Å²) in [6.45, 7) is 2.33. The van der Waals surface area contributed by atoms with E-state index in [0.29, 0.717) is 0 Å². The van der Waals surface area contributed by atoms with E-state index >= 15 is 0 Å². The molecule has 8 heteroatoms. The molecule has 1 fully saturated rings. The largest absolute Gasteiger partial charge is 0.448 e. The monoisotopic (exact) mass is 273 g/mol. The minimum absolute atomic E-state index is 0.00367. The van der Waals surface area contributed by atoms with Crippen LogP contribution < -0.4 is 0 Å². The van der Waals surface area contributed by atoms with E-state index in [0.717, 1.165) is 18.7 Å². The molecule has 8 nitrogen and oxygen atoms in total. The van der Waals surface area contributed by atoms with Crippen molar-refractivity contribution in [2.45, 2.75) is 26.1 Å². The smallest absolute Gasteiger partial charge is 0.303 e. The van der Waals surface area contributed by atoms with Gasteiger partial charge in [-0.3, -0.25) is 24.1 Å². The maximum absolute atomic E-state index is 11.9. The molecular formula is C11H15NO7. The van der Waals surface area contributed by atoms with E-state index in [1.807, 2.05) is 0 Å². The van der Waals surface area contributed by atoms with Crippen LogP contribution in [0.3, 0.4) is 0 Å². The summed E-state index contributed by atoms with van der Waals surface area (Å²) < 4.78 is 14.3. The third-order valence-electron chi connectivity index (χ3n) is 2.40. The molecule has 1 saturated heterocycles. The molecule has 2 amide bonds. The number of methoxy groups -OCH3 is 1. The van der Waals surface area contributed by atoms with Gasteiger partial charge in [-0.1, -0.05) is 0 Å². The summed E-state index contributed by atoms with van der Waals surface area (Å²) in [7, 11) is 1.41. The van der Waals surface area contributed by atoms with Crippen LogP contribution in [0.2, 0.25) is 0 Å². The third kappa shape index (κ3) is 3.50. The Balaban J connectivity index is 2.91. The van der Waals surface area contributed by atoms with Crippen molar-refractivity contribution in [3.8, 4) is 0 Å². The summed E-state index contributed by atoms with van der Waals surface area (Å²) in [5.74, 6) is -2.92. The second kappa shape index (κ2) is 6.28. The van der Waals surface area contributed by atoms with E-state index in [1.165, 1.54) is 7.11 Å². The molecule has 0 aromatic heterocycles. The molecule has 0 spiro atoms. The molecule has 1 aliphatic rings. The number of ether oxygens (including phenoxy) is 3. The lowest BCUT2D eigenvalue weighted by Gasteiger charge is -2.14. The normalized spacial score (nSPS) is 22.6. The first-order valence-corrected chi connectivity index (χ1v) is 5.57. The number of nitrogens with zero attached hydrogens (tertiary/aromatic N) is 1. The summed E-state index contributed by atoms with van der Waals surface area (Å²) in [4.78, 5) is 46.6. The van der Waals surface area contributed by atoms with Gasteiger partial charge in [-0.2, -0.15) is 0 Å². The average Bonchev–Trinajstić information content (AvgIpc) is 2.51. The summed E-state index contributed by atoms with van der Waals surface area (Å²) in [5, 5.41) is 0. The van der Waals surface area contributed by atoms with Crippen LogP contribution in [0.1, 0.15) is 13.8 Å². The molecule has 1 aliphatic heterocycles. The van der Waals surface area contributed by atoms with E-state index in [2.05, 4.69) is 0 Å². The average molecular weight is 273 g/mol. The highest BCUT2D eigenvalue weighted by atomic mass is 16.6. The van der Waals surface area contributed by atoms with Gasteiger partial charge in [-0.15, -0.1) is 0 Å². The van der Waals surface area contributed by atoms with Crippen molar-refractivity contribution in [1.82, 2.24) is 4.90 Å². The second-order valence-corrected chi connectivity index (χ2v) is 3.88. The van der Waals surface area contributed by atoms with Crippen LogP contribution in [0.15, 0.2) is 0 Å². The standard InChI is InChI=1S/C11H15NO7/c1-6(13)18-8-9(19-7(2)14)11(16)12(10(8)15)4-5-17-3/h8-9H,4-5H2,1-3H3/t8-,9?/m1/s1. The highest BCUT2D eigenvalue weighted by molar-refractivity contribution is 6.09. The van der Waals surface area contributed by atoms with Crippen molar-refractivity contribution < 1.29 is 33.4 Å². The van der Waals surface area contributed by atoms with Gasteiger partial charge >= 0.3 is 11.9 Å². The van der Waals surface area contributed by atoms with Crippen LogP contribution in [0, 0.1) is 0 Å². The Hall–Kier alpha value is -1.96. The molecule has 1 heterocycles. The zero-order valence-electron chi connectivity index (χ0n) is 10.9. The van der Waals surface area contributed by atoms with Crippen LogP contribution in [0.4, 0.5) is 0 Å². The molecule has 1 unspecified atom stereocenters. The highest BCUT2D eigenvalue weighted by Gasteiger charge is 2.51. The Kier molecular flexibility index (Phi) is 4.99. The minimum atomic E-state index is -1.43.